The van der Waals surface area contributed by atoms with Crippen molar-refractivity contribution in [2.45, 2.75) is 76.7 Å². The van der Waals surface area contributed by atoms with Gasteiger partial charge in [-0.3, -0.25) is 14.4 Å². The Labute approximate surface area is 251 Å². The molecule has 0 aliphatic carbocycles. The SMILES string of the molecule is CCOc1ccc(NC(=O)[C@@H]2[C@H]3C(=O)N([C@@H](CO)[C@@H](C)CC)C(C(=O)Nc4ccc(Cl)cc4)C34CC[C@@]2(CC)O4)cc1. The Morgan fingerprint density at radius 1 is 1.05 bits per heavy atom. The van der Waals surface area contributed by atoms with E-state index < -0.39 is 41.0 Å². The smallest absolute Gasteiger partial charge is 0.250 e. The van der Waals surface area contributed by atoms with Gasteiger partial charge in [-0.25, -0.2) is 0 Å². The number of benzene rings is 2. The molecule has 9 nitrogen and oxygen atoms in total. The number of anilines is 2. The van der Waals surface area contributed by atoms with E-state index in [4.69, 9.17) is 21.1 Å². The summed E-state index contributed by atoms with van der Waals surface area (Å²) in [7, 11) is 0. The summed E-state index contributed by atoms with van der Waals surface area (Å²) >= 11 is 6.05. The first-order valence-electron chi connectivity index (χ1n) is 14.9. The van der Waals surface area contributed by atoms with Gasteiger partial charge in [-0.15, -0.1) is 0 Å². The van der Waals surface area contributed by atoms with Crippen LogP contribution in [0.3, 0.4) is 0 Å². The molecule has 3 aliphatic rings. The van der Waals surface area contributed by atoms with Gasteiger partial charge in [-0.05, 0) is 80.6 Å². The van der Waals surface area contributed by atoms with E-state index in [1.165, 1.54) is 4.90 Å². The van der Waals surface area contributed by atoms with E-state index in [-0.39, 0.29) is 24.3 Å². The maximum Gasteiger partial charge on any atom is 0.250 e. The first-order valence-corrected chi connectivity index (χ1v) is 15.3. The average Bonchev–Trinajstić information content (AvgIpc) is 3.59. The van der Waals surface area contributed by atoms with Crippen LogP contribution in [0, 0.1) is 17.8 Å². The maximum absolute atomic E-state index is 14.5. The molecule has 3 N–H and O–H groups in total. The van der Waals surface area contributed by atoms with Crippen molar-refractivity contribution < 1.29 is 29.0 Å². The molecular weight excluding hydrogens is 558 g/mol. The van der Waals surface area contributed by atoms with Crippen LogP contribution in [0.4, 0.5) is 11.4 Å². The zero-order valence-electron chi connectivity index (χ0n) is 24.6. The van der Waals surface area contributed by atoms with Crippen molar-refractivity contribution in [3.8, 4) is 5.75 Å². The van der Waals surface area contributed by atoms with Gasteiger partial charge in [-0.2, -0.15) is 0 Å². The number of hydrogen-bond donors (Lipinski definition) is 3. The number of halogens is 1. The molecule has 5 rings (SSSR count). The zero-order valence-corrected chi connectivity index (χ0v) is 25.3. The molecular formula is C32H40ClN3O6. The molecule has 3 saturated heterocycles. The van der Waals surface area contributed by atoms with Gasteiger partial charge in [0.1, 0.15) is 17.4 Å². The topological polar surface area (TPSA) is 117 Å². The highest BCUT2D eigenvalue weighted by Crippen LogP contribution is 2.64. The van der Waals surface area contributed by atoms with Crippen molar-refractivity contribution in [2.24, 2.45) is 17.8 Å². The van der Waals surface area contributed by atoms with Gasteiger partial charge in [0.05, 0.1) is 36.7 Å². The van der Waals surface area contributed by atoms with E-state index in [0.29, 0.717) is 54.4 Å². The lowest BCUT2D eigenvalue weighted by Crippen LogP contribution is -2.57. The highest BCUT2D eigenvalue weighted by molar-refractivity contribution is 6.30. The summed E-state index contributed by atoms with van der Waals surface area (Å²) in [5.74, 6) is -2.12. The molecule has 2 aromatic rings. The van der Waals surface area contributed by atoms with Crippen molar-refractivity contribution in [3.63, 3.8) is 0 Å². The van der Waals surface area contributed by atoms with E-state index in [1.54, 1.807) is 48.5 Å². The first-order chi connectivity index (χ1) is 20.1. The first kappa shape index (κ1) is 30.3. The van der Waals surface area contributed by atoms with Gasteiger partial charge in [0.2, 0.25) is 17.7 Å². The monoisotopic (exact) mass is 597 g/mol. The molecule has 7 atom stereocenters. The number of nitrogens with zero attached hydrogens (tertiary/aromatic N) is 1. The number of rotatable bonds is 11. The van der Waals surface area contributed by atoms with Crippen molar-refractivity contribution in [1.29, 1.82) is 0 Å². The Morgan fingerprint density at radius 2 is 1.67 bits per heavy atom. The molecule has 3 aliphatic heterocycles. The molecule has 0 aromatic heterocycles. The highest BCUT2D eigenvalue weighted by atomic mass is 35.5. The fourth-order valence-electron chi connectivity index (χ4n) is 7.29. The van der Waals surface area contributed by atoms with Crippen LogP contribution in [0.1, 0.15) is 53.4 Å². The van der Waals surface area contributed by atoms with Crippen LogP contribution < -0.4 is 15.4 Å². The predicted octanol–water partition coefficient (Wildman–Crippen LogP) is 4.88. The summed E-state index contributed by atoms with van der Waals surface area (Å²) in [4.78, 5) is 44.2. The van der Waals surface area contributed by atoms with E-state index in [1.807, 2.05) is 27.7 Å². The Hall–Kier alpha value is -3.14. The number of carbonyl (C=O) groups excluding carboxylic acids is 3. The van der Waals surface area contributed by atoms with E-state index in [0.717, 1.165) is 0 Å². The summed E-state index contributed by atoms with van der Waals surface area (Å²) in [5.41, 5.74) is -0.973. The summed E-state index contributed by atoms with van der Waals surface area (Å²) < 4.78 is 12.4. The number of carbonyl (C=O) groups is 3. The molecule has 2 bridgehead atoms. The Bertz CT molecular complexity index is 1320. The standard InChI is InChI=1S/C32H40ClN3O6/c1-5-19(4)24(18-37)36-27(29(39)35-21-10-8-20(33)9-11-21)32-17-16-31(6-2,42-32)25(26(32)30(36)40)28(38)34-22-12-14-23(15-13-22)41-7-3/h8-15,19,24-27,37H,5-7,16-18H2,1-4H3,(H,34,38)(H,35,39)/t19-,24-,25-,26-,27?,31+,32?/m0/s1. The van der Waals surface area contributed by atoms with Gasteiger partial charge < -0.3 is 30.1 Å². The molecule has 226 valence electrons. The number of likely N-dealkylation sites (tertiary alicyclic amines) is 1. The predicted molar refractivity (Wildman–Crippen MR) is 160 cm³/mol. The van der Waals surface area contributed by atoms with Crippen LogP contribution in [-0.4, -0.2) is 64.2 Å². The minimum absolute atomic E-state index is 0.0894. The fourth-order valence-corrected chi connectivity index (χ4v) is 7.42. The van der Waals surface area contributed by atoms with E-state index >= 15 is 0 Å². The van der Waals surface area contributed by atoms with Crippen molar-refractivity contribution in [1.82, 2.24) is 4.90 Å². The molecule has 42 heavy (non-hydrogen) atoms. The molecule has 3 amide bonds. The fraction of sp³-hybridized carbons (Fsp3) is 0.531. The Morgan fingerprint density at radius 3 is 2.24 bits per heavy atom. The number of aliphatic hydroxyl groups excluding tert-OH is 1. The van der Waals surface area contributed by atoms with Crippen LogP contribution in [0.15, 0.2) is 48.5 Å². The van der Waals surface area contributed by atoms with Crippen LogP contribution in [0.25, 0.3) is 0 Å². The Kier molecular flexibility index (Phi) is 8.56. The number of nitrogens with one attached hydrogen (secondary N) is 2. The number of fused-ring (bicyclic) bond motifs is 1. The number of aliphatic hydroxyl groups is 1. The second kappa shape index (κ2) is 11.9. The van der Waals surface area contributed by atoms with Crippen LogP contribution in [-0.2, 0) is 19.1 Å². The van der Waals surface area contributed by atoms with Crippen LogP contribution >= 0.6 is 11.6 Å². The van der Waals surface area contributed by atoms with Gasteiger partial charge in [0.25, 0.3) is 0 Å². The minimum Gasteiger partial charge on any atom is -0.494 e. The molecule has 2 aromatic carbocycles. The molecule has 3 heterocycles. The third kappa shape index (κ3) is 4.95. The van der Waals surface area contributed by atoms with Gasteiger partial charge in [-0.1, -0.05) is 38.8 Å². The lowest BCUT2D eigenvalue weighted by Gasteiger charge is -2.39. The van der Waals surface area contributed by atoms with Crippen molar-refractivity contribution in [3.05, 3.63) is 53.6 Å². The van der Waals surface area contributed by atoms with Gasteiger partial charge in [0.15, 0.2) is 0 Å². The summed E-state index contributed by atoms with van der Waals surface area (Å²) in [5, 5.41) is 17.0. The van der Waals surface area contributed by atoms with Gasteiger partial charge >= 0.3 is 0 Å². The molecule has 1 spiro atoms. The average molecular weight is 598 g/mol. The molecule has 0 radical (unpaired) electrons. The molecule has 3 fully saturated rings. The van der Waals surface area contributed by atoms with E-state index in [9.17, 15) is 19.5 Å². The van der Waals surface area contributed by atoms with Crippen LogP contribution in [0.5, 0.6) is 5.75 Å². The third-order valence-corrected chi connectivity index (χ3v) is 9.79. The number of amides is 3. The second-order valence-electron chi connectivity index (χ2n) is 11.7. The minimum atomic E-state index is -1.20. The summed E-state index contributed by atoms with van der Waals surface area (Å²) in [6.07, 6.45) is 2.21. The zero-order chi connectivity index (χ0) is 30.2. The van der Waals surface area contributed by atoms with Crippen molar-refractivity contribution >= 4 is 40.7 Å². The maximum atomic E-state index is 14.5. The third-order valence-electron chi connectivity index (χ3n) is 9.54. The lowest BCUT2D eigenvalue weighted by molar-refractivity contribution is -0.149. The largest absolute Gasteiger partial charge is 0.494 e. The van der Waals surface area contributed by atoms with Crippen molar-refractivity contribution in [2.75, 3.05) is 23.8 Å². The lowest BCUT2D eigenvalue weighted by atomic mass is 9.65. The normalized spacial score (nSPS) is 29.2. The van der Waals surface area contributed by atoms with E-state index in [2.05, 4.69) is 10.6 Å². The summed E-state index contributed by atoms with van der Waals surface area (Å²) in [6.45, 7) is 8.02. The summed E-state index contributed by atoms with van der Waals surface area (Å²) in [6, 6.07) is 12.2. The molecule has 10 heteroatoms. The molecule has 0 saturated carbocycles. The second-order valence-corrected chi connectivity index (χ2v) is 12.1. The quantitative estimate of drug-likeness (QED) is 0.340. The highest BCUT2D eigenvalue weighted by Gasteiger charge is 2.79. The molecule has 2 unspecified atom stereocenters. The van der Waals surface area contributed by atoms with Crippen LogP contribution in [0.2, 0.25) is 5.02 Å². The number of ether oxygens (including phenoxy) is 2. The van der Waals surface area contributed by atoms with Gasteiger partial charge in [0, 0.05) is 16.4 Å². The Balaban J connectivity index is 1.53. The number of hydrogen-bond acceptors (Lipinski definition) is 6.